The number of imidazole rings is 1. The maximum Gasteiger partial charge on any atom is 0.225 e. The topological polar surface area (TPSA) is 37.6 Å². The summed E-state index contributed by atoms with van der Waals surface area (Å²) in [5.74, 6) is 1.54. The van der Waals surface area contributed by atoms with Crippen LogP contribution in [0.1, 0.15) is 25.1 Å². The first kappa shape index (κ1) is 13.6. The van der Waals surface area contributed by atoms with Gasteiger partial charge in [0.15, 0.2) is 0 Å². The van der Waals surface area contributed by atoms with Crippen molar-refractivity contribution in [3.63, 3.8) is 0 Å². The number of amides is 1. The van der Waals surface area contributed by atoms with Crippen molar-refractivity contribution in [3.8, 4) is 0 Å². The normalized spacial score (nSPS) is 15.3. The molecule has 2 aromatic heterocycles. The number of carbonyl (C=O) groups is 1. The third-order valence-corrected chi connectivity index (χ3v) is 4.66. The van der Waals surface area contributed by atoms with Crippen molar-refractivity contribution in [2.45, 2.75) is 25.7 Å². The minimum absolute atomic E-state index is 0.267. The number of fused-ring (bicyclic) bond motifs is 1. The lowest BCUT2D eigenvalue weighted by molar-refractivity contribution is -0.136. The Kier molecular flexibility index (Phi) is 3.78. The molecule has 0 spiro atoms. The summed E-state index contributed by atoms with van der Waals surface area (Å²) in [5.41, 5.74) is 1.07. The number of hydrogen-bond acceptors (Lipinski definition) is 2. The Morgan fingerprint density at radius 1 is 1.50 bits per heavy atom. The maximum absolute atomic E-state index is 12.1. The van der Waals surface area contributed by atoms with E-state index < -0.39 is 0 Å². The van der Waals surface area contributed by atoms with Crippen LogP contribution >= 0.6 is 15.9 Å². The zero-order chi connectivity index (χ0) is 14.1. The Morgan fingerprint density at radius 3 is 3.00 bits per heavy atom. The van der Waals surface area contributed by atoms with Gasteiger partial charge in [-0.1, -0.05) is 12.5 Å². The fraction of sp³-hybridized carbons (Fsp3) is 0.467. The lowest BCUT2D eigenvalue weighted by atomic mass is 9.84. The first-order chi connectivity index (χ1) is 9.66. The molecule has 20 heavy (non-hydrogen) atoms. The molecule has 0 bridgehead atoms. The molecular formula is C15H18BrN3O. The maximum atomic E-state index is 12.1. The van der Waals surface area contributed by atoms with Gasteiger partial charge in [0.1, 0.15) is 10.4 Å². The third kappa shape index (κ3) is 2.46. The second kappa shape index (κ2) is 5.56. The fourth-order valence-corrected chi connectivity index (χ4v) is 3.11. The van der Waals surface area contributed by atoms with Gasteiger partial charge >= 0.3 is 0 Å². The van der Waals surface area contributed by atoms with Crippen molar-refractivity contribution in [1.82, 2.24) is 14.3 Å². The molecule has 0 aromatic carbocycles. The molecule has 5 heteroatoms. The Labute approximate surface area is 126 Å². The summed E-state index contributed by atoms with van der Waals surface area (Å²) in [4.78, 5) is 18.5. The van der Waals surface area contributed by atoms with Gasteiger partial charge < -0.3 is 9.30 Å². The number of likely N-dealkylation sites (N-methyl/N-ethyl adjacent to an activating group) is 1. The van der Waals surface area contributed by atoms with Gasteiger partial charge in [-0.25, -0.2) is 4.98 Å². The van der Waals surface area contributed by atoms with Gasteiger partial charge in [-0.2, -0.15) is 0 Å². The Balaban J connectivity index is 1.69. The van der Waals surface area contributed by atoms with Crippen LogP contribution in [0.3, 0.4) is 0 Å². The van der Waals surface area contributed by atoms with Gasteiger partial charge in [0, 0.05) is 32.1 Å². The van der Waals surface area contributed by atoms with Gasteiger partial charge in [0.05, 0.1) is 5.52 Å². The average molecular weight is 336 g/mol. The van der Waals surface area contributed by atoms with Crippen LogP contribution in [-0.2, 0) is 11.2 Å². The summed E-state index contributed by atoms with van der Waals surface area (Å²) in [6, 6.07) is 6.02. The number of nitrogens with zero attached hydrogens (tertiary/aromatic N) is 3. The molecule has 0 saturated heterocycles. The van der Waals surface area contributed by atoms with Crippen LogP contribution in [0, 0.1) is 5.92 Å². The smallest absolute Gasteiger partial charge is 0.225 e. The fourth-order valence-electron chi connectivity index (χ4n) is 2.58. The second-order valence-electron chi connectivity index (χ2n) is 5.41. The van der Waals surface area contributed by atoms with Gasteiger partial charge in [-0.05, 0) is 40.9 Å². The Morgan fingerprint density at radius 2 is 2.30 bits per heavy atom. The summed E-state index contributed by atoms with van der Waals surface area (Å²) in [6.07, 6.45) is 6.09. The molecule has 0 atom stereocenters. The summed E-state index contributed by atoms with van der Waals surface area (Å²) in [5, 5.41) is 0. The largest absolute Gasteiger partial charge is 0.345 e. The van der Waals surface area contributed by atoms with E-state index in [0.717, 1.165) is 41.8 Å². The van der Waals surface area contributed by atoms with E-state index in [1.165, 1.54) is 6.42 Å². The van der Waals surface area contributed by atoms with E-state index in [4.69, 9.17) is 0 Å². The van der Waals surface area contributed by atoms with Crippen LogP contribution < -0.4 is 0 Å². The number of pyridine rings is 1. The van der Waals surface area contributed by atoms with Gasteiger partial charge in [0.2, 0.25) is 5.91 Å². The predicted molar refractivity (Wildman–Crippen MR) is 81.6 cm³/mol. The first-order valence-corrected chi connectivity index (χ1v) is 7.82. The number of halogens is 1. The number of rotatable bonds is 4. The lowest BCUT2D eigenvalue weighted by Gasteiger charge is -2.29. The molecule has 1 aliphatic carbocycles. The van der Waals surface area contributed by atoms with E-state index in [-0.39, 0.29) is 11.8 Å². The molecule has 0 radical (unpaired) electrons. The lowest BCUT2D eigenvalue weighted by Crippen LogP contribution is -2.37. The number of aromatic nitrogens is 2. The molecule has 2 heterocycles. The van der Waals surface area contributed by atoms with Crippen molar-refractivity contribution < 1.29 is 4.79 Å². The van der Waals surface area contributed by atoms with Crippen LogP contribution in [-0.4, -0.2) is 33.8 Å². The molecule has 2 aromatic rings. The first-order valence-electron chi connectivity index (χ1n) is 7.03. The van der Waals surface area contributed by atoms with Gasteiger partial charge in [0.25, 0.3) is 0 Å². The Hall–Kier alpha value is -1.36. The minimum atomic E-state index is 0.267. The van der Waals surface area contributed by atoms with Crippen LogP contribution in [0.15, 0.2) is 29.0 Å². The molecular weight excluding hydrogens is 318 g/mol. The van der Waals surface area contributed by atoms with Crippen LogP contribution in [0.4, 0.5) is 0 Å². The highest BCUT2D eigenvalue weighted by atomic mass is 79.9. The van der Waals surface area contributed by atoms with Crippen molar-refractivity contribution >= 4 is 27.4 Å². The van der Waals surface area contributed by atoms with E-state index in [1.54, 1.807) is 0 Å². The average Bonchev–Trinajstić information content (AvgIpc) is 2.71. The predicted octanol–water partition coefficient (Wildman–Crippen LogP) is 2.90. The highest BCUT2D eigenvalue weighted by Gasteiger charge is 2.27. The molecule has 106 valence electrons. The van der Waals surface area contributed by atoms with Crippen LogP contribution in [0.2, 0.25) is 0 Å². The van der Waals surface area contributed by atoms with E-state index >= 15 is 0 Å². The van der Waals surface area contributed by atoms with E-state index in [0.29, 0.717) is 0 Å². The number of carbonyl (C=O) groups excluding carboxylic acids is 1. The standard InChI is InChI=1S/C15H18BrN3O/c1-18(15(20)11-5-4-6-11)10-8-13-17-14(16)12-7-2-3-9-19(12)13/h2-3,7,9,11H,4-6,8,10H2,1H3. The molecule has 0 unspecified atom stereocenters. The van der Waals surface area contributed by atoms with E-state index in [1.807, 2.05) is 36.3 Å². The molecule has 0 N–H and O–H groups in total. The zero-order valence-corrected chi connectivity index (χ0v) is 13.1. The summed E-state index contributed by atoms with van der Waals surface area (Å²) in [7, 11) is 1.89. The van der Waals surface area contributed by atoms with Gasteiger partial charge in [-0.15, -0.1) is 0 Å². The molecule has 1 saturated carbocycles. The van der Waals surface area contributed by atoms with Gasteiger partial charge in [-0.3, -0.25) is 4.79 Å². The summed E-state index contributed by atoms with van der Waals surface area (Å²) >= 11 is 3.48. The summed E-state index contributed by atoms with van der Waals surface area (Å²) in [6.45, 7) is 0.718. The highest BCUT2D eigenvalue weighted by Crippen LogP contribution is 2.28. The number of hydrogen-bond donors (Lipinski definition) is 0. The van der Waals surface area contributed by atoms with Crippen molar-refractivity contribution in [2.24, 2.45) is 5.92 Å². The van der Waals surface area contributed by atoms with Crippen molar-refractivity contribution in [1.29, 1.82) is 0 Å². The van der Waals surface area contributed by atoms with E-state index in [2.05, 4.69) is 25.3 Å². The van der Waals surface area contributed by atoms with Crippen molar-refractivity contribution in [2.75, 3.05) is 13.6 Å². The molecule has 1 amide bonds. The molecule has 0 aliphatic heterocycles. The SMILES string of the molecule is CN(CCc1nc(Br)c2ccccn12)C(=O)C1CCC1. The van der Waals surface area contributed by atoms with Crippen molar-refractivity contribution in [3.05, 3.63) is 34.8 Å². The third-order valence-electron chi connectivity index (χ3n) is 4.08. The molecule has 1 aliphatic rings. The molecule has 4 nitrogen and oxygen atoms in total. The van der Waals surface area contributed by atoms with Crippen LogP contribution in [0.25, 0.3) is 5.52 Å². The summed E-state index contributed by atoms with van der Waals surface area (Å²) < 4.78 is 2.94. The Bertz CT molecular complexity index is 633. The molecule has 3 rings (SSSR count). The zero-order valence-electron chi connectivity index (χ0n) is 11.6. The monoisotopic (exact) mass is 335 g/mol. The van der Waals surface area contributed by atoms with E-state index in [9.17, 15) is 4.79 Å². The quantitative estimate of drug-likeness (QED) is 0.861. The molecule has 1 fully saturated rings. The minimum Gasteiger partial charge on any atom is -0.345 e. The second-order valence-corrected chi connectivity index (χ2v) is 6.16. The highest BCUT2D eigenvalue weighted by molar-refractivity contribution is 9.10. The van der Waals surface area contributed by atoms with Crippen LogP contribution in [0.5, 0.6) is 0 Å².